The first-order valence-electron chi connectivity index (χ1n) is 48.7. The summed E-state index contributed by atoms with van der Waals surface area (Å²) in [5, 5.41) is 89.5. The molecule has 0 bridgehead atoms. The molecule has 15 aromatic rings. The number of benzene rings is 9. The van der Waals surface area contributed by atoms with Crippen LogP contribution in [0.25, 0.3) is 96.6 Å². The SMILES string of the molecule is CC(=O)Oc1ccc(-c2ncc(Br)s2)cc1OC(C)=O.CC(=O)Oc1ccc(-c2nnc(-c3cc(C)c(C)cc3I)s2)cc1OC(C)=O.CCC[CH2][Sn]([CH2]CCC)([CH2]CCC)[c]1cnc(-c2ccc(C)c(C)c2)s1.CCC[CH2][Sn]([CH2]CCC)([CH2]CCC)[c]1cnc(-c2ccc(OC(C)=O)c(OC(C)=O)c2)s1.Oc1ccc(-c2cnc(-c3cc(O)c(O)cc3Br)o2)cc1O.Oc1ccc(-c2cnc(-c3cc(O)c(O)cc3Br)s2)cc1O. The molecule has 15 rings (SSSR count). The predicted octanol–water partition coefficient (Wildman–Crippen LogP) is 30.2. The Labute approximate surface area is 939 Å². The van der Waals surface area contributed by atoms with Crippen molar-refractivity contribution in [3.63, 3.8) is 0 Å². The molecule has 9 aromatic carbocycles. The van der Waals surface area contributed by atoms with Crippen LogP contribution in [0.3, 0.4) is 0 Å². The summed E-state index contributed by atoms with van der Waals surface area (Å²) in [6, 6.07) is 40.5. The van der Waals surface area contributed by atoms with Gasteiger partial charge in [0.25, 0.3) is 0 Å². The van der Waals surface area contributed by atoms with E-state index in [9.17, 15) is 69.6 Å². The smallest absolute Gasteiger partial charge is 0.228 e. The Morgan fingerprint density at radius 3 is 1.08 bits per heavy atom. The fourth-order valence-electron chi connectivity index (χ4n) is 15.7. The second-order valence-electron chi connectivity index (χ2n) is 35.5. The van der Waals surface area contributed by atoms with Crippen LogP contribution >= 0.6 is 127 Å². The molecular weight excluding hydrogens is 2530 g/mol. The van der Waals surface area contributed by atoms with Crippen LogP contribution in [-0.2, 0) is 28.8 Å². The number of aryl methyl sites for hydroxylation is 4. The molecule has 28 nitrogen and oxygen atoms in total. The predicted molar refractivity (Wildman–Crippen MR) is 619 cm³/mol. The molecule has 0 amide bonds. The molecule has 0 spiro atoms. The summed E-state index contributed by atoms with van der Waals surface area (Å²) in [5.74, 6) is -2.90. The summed E-state index contributed by atoms with van der Waals surface area (Å²) in [6.07, 6.45) is 25.1. The van der Waals surface area contributed by atoms with Gasteiger partial charge in [-0.25, -0.2) is 15.0 Å². The molecule has 0 saturated heterocycles. The minimum Gasteiger partial charge on any atom is -0.504 e. The zero-order valence-corrected chi connectivity index (χ0v) is 103. The van der Waals surface area contributed by atoms with Gasteiger partial charge in [-0.15, -0.1) is 32.9 Å². The van der Waals surface area contributed by atoms with Gasteiger partial charge >= 0.3 is 396 Å². The molecule has 150 heavy (non-hydrogen) atoms. The molecule has 6 aromatic heterocycles. The van der Waals surface area contributed by atoms with Gasteiger partial charge in [0, 0.05) is 74.2 Å². The van der Waals surface area contributed by atoms with Crippen molar-refractivity contribution in [3.05, 3.63) is 215 Å². The van der Waals surface area contributed by atoms with Crippen molar-refractivity contribution in [2.75, 3.05) is 0 Å². The average Bonchev–Trinajstić information content (AvgIpc) is 1.64. The van der Waals surface area contributed by atoms with E-state index < -0.39 is 72.6 Å². The molecule has 0 saturated carbocycles. The quantitative estimate of drug-likeness (QED) is 0.00601. The number of thiazole rings is 4. The first-order chi connectivity index (χ1) is 71.5. The van der Waals surface area contributed by atoms with Crippen LogP contribution in [0.4, 0.5) is 0 Å². The van der Waals surface area contributed by atoms with Crippen molar-refractivity contribution in [2.24, 2.45) is 0 Å². The number of unbranched alkanes of at least 4 members (excludes halogenated alkanes) is 6. The minimum absolute atomic E-state index is 0.165. The van der Waals surface area contributed by atoms with Crippen molar-refractivity contribution >= 4 is 205 Å². The molecule has 0 aliphatic rings. The Hall–Kier alpha value is -10.7. The van der Waals surface area contributed by atoms with Crippen LogP contribution in [-0.4, -0.2) is 149 Å². The van der Waals surface area contributed by atoms with Gasteiger partial charge in [-0.1, -0.05) is 11.3 Å². The molecule has 792 valence electrons. The van der Waals surface area contributed by atoms with Crippen molar-refractivity contribution < 1.29 is 102 Å². The van der Waals surface area contributed by atoms with Gasteiger partial charge in [0.05, 0.1) is 26.6 Å². The third kappa shape index (κ3) is 34.6. The van der Waals surface area contributed by atoms with E-state index in [-0.39, 0.29) is 86.4 Å². The van der Waals surface area contributed by atoms with Crippen LogP contribution in [0.15, 0.2) is 194 Å². The molecule has 6 heterocycles. The summed E-state index contributed by atoms with van der Waals surface area (Å²) in [4.78, 5) is 90.9. The summed E-state index contributed by atoms with van der Waals surface area (Å²) < 4.78 is 51.7. The Balaban J connectivity index is 0.000000185. The first kappa shape index (κ1) is 121. The largest absolute Gasteiger partial charge is 0.504 e. The third-order valence-corrected chi connectivity index (χ3v) is 68.0. The molecule has 0 atom stereocenters. The summed E-state index contributed by atoms with van der Waals surface area (Å²) in [5.41, 5.74) is 12.2. The van der Waals surface area contributed by atoms with E-state index in [1.165, 1.54) is 267 Å². The van der Waals surface area contributed by atoms with Crippen molar-refractivity contribution in [3.8, 4) is 177 Å². The normalized spacial score (nSPS) is 11.0. The van der Waals surface area contributed by atoms with Crippen LogP contribution in [0.1, 0.15) is 182 Å². The van der Waals surface area contributed by atoms with Crippen molar-refractivity contribution in [1.82, 2.24) is 35.1 Å². The van der Waals surface area contributed by atoms with E-state index >= 15 is 0 Å². The van der Waals surface area contributed by atoms with E-state index in [1.54, 1.807) is 78.8 Å². The first-order valence-corrected chi connectivity index (χ1v) is 71.2. The number of rotatable bonds is 35. The van der Waals surface area contributed by atoms with E-state index in [0.717, 1.165) is 55.1 Å². The number of aromatic hydroxyl groups is 8. The van der Waals surface area contributed by atoms with Gasteiger partial charge in [0.15, 0.2) is 74.8 Å². The molecule has 0 aliphatic carbocycles. The van der Waals surface area contributed by atoms with Crippen molar-refractivity contribution in [1.29, 1.82) is 0 Å². The topological polar surface area (TPSA) is 423 Å². The van der Waals surface area contributed by atoms with Crippen LogP contribution in [0.2, 0.25) is 26.6 Å². The summed E-state index contributed by atoms with van der Waals surface area (Å²) in [6.45, 7) is 30.3. The number of hydrogen-bond acceptors (Lipinski definition) is 33. The zero-order valence-electron chi connectivity index (χ0n) is 86.0. The van der Waals surface area contributed by atoms with E-state index in [1.807, 2.05) is 28.7 Å². The minimum atomic E-state index is -2.54. The standard InChI is InChI=1S/C20H17IN2O4S.C15H10BrNO5.C15H10BrNO4S.C13H10BrNO4S.C13H10NO4S.C11H10NS.6C4H9.2Sn/c1-10-7-15(16(21)8-11(10)2)20-23-22-19(28-20)14-5-6-17(26-12(3)24)18(9-14)27-13(4)25;2*16-9-5-13(21)12(20)4-8(9)15-17-6-14(22-15)7-1-2-10(18)11(19)3-7;1-7(16)18-10-4-3-9(5-11(10)19-8(2)17)13-15-6-12(14)20-13;1-8(15)17-11-4-3-10(13-14-5-6-19-13)7-12(11)18-9(2)16;1-8-3-4-10(7-9(8)2)11-12-5-6-13-11;6*1-3-4-2;;/h5-9H,1-4H3;2*1-6,18-21H;3-6H,1-2H3;3-5,7H,1-2H3;3-5,7H,1-2H3;6*1,3-4H2,2H3;;. The Bertz CT molecular complexity index is 7020. The Kier molecular flexibility index (Phi) is 47.1. The van der Waals surface area contributed by atoms with Crippen LogP contribution < -0.4 is 34.2 Å². The number of phenolic OH excluding ortho intramolecular Hbond substituents is 8. The number of halogens is 4. The van der Waals surface area contributed by atoms with Crippen LogP contribution in [0.5, 0.6) is 80.5 Å². The van der Waals surface area contributed by atoms with E-state index in [4.69, 9.17) is 42.8 Å². The van der Waals surface area contributed by atoms with E-state index in [2.05, 4.69) is 207 Å². The van der Waals surface area contributed by atoms with Crippen LogP contribution in [0, 0.1) is 31.3 Å². The zero-order chi connectivity index (χ0) is 109. The van der Waals surface area contributed by atoms with Gasteiger partial charge in [0.1, 0.15) is 20.0 Å². The maximum Gasteiger partial charge on any atom is 0.228 e. The number of hydrogen-bond donors (Lipinski definition) is 8. The fourth-order valence-corrected chi connectivity index (χ4v) is 60.3. The van der Waals surface area contributed by atoms with Crippen molar-refractivity contribution in [2.45, 2.75) is 214 Å². The molecule has 39 heteroatoms. The van der Waals surface area contributed by atoms with Gasteiger partial charge in [-0.2, -0.15) is 0 Å². The number of carbonyl (C=O) groups is 6. The van der Waals surface area contributed by atoms with Gasteiger partial charge in [-0.3, -0.25) is 19.2 Å². The summed E-state index contributed by atoms with van der Waals surface area (Å²) in [7, 11) is 0. The number of phenols is 8. The molecule has 8 N–H and O–H groups in total. The van der Waals surface area contributed by atoms with Gasteiger partial charge in [0.2, 0.25) is 5.89 Å². The Morgan fingerprint density at radius 2 is 0.660 bits per heavy atom. The number of ether oxygens (including phenoxy) is 6. The molecule has 0 fully saturated rings. The molecule has 0 radical (unpaired) electrons. The number of esters is 6. The summed E-state index contributed by atoms with van der Waals surface area (Å²) >= 11 is 15.5. The molecule has 0 aliphatic heterocycles. The third-order valence-electron chi connectivity index (χ3n) is 23.8. The number of aromatic nitrogens is 7. The Morgan fingerprint density at radius 1 is 0.313 bits per heavy atom. The monoisotopic (exact) mass is 2650 g/mol. The number of carbonyl (C=O) groups excluding carboxylic acids is 6. The maximum absolute atomic E-state index is 11.6. The van der Waals surface area contributed by atoms with Gasteiger partial charge < -0.3 is 64.2 Å². The fraction of sp³-hybridized carbons (Fsp3) is 0.306. The van der Waals surface area contributed by atoms with E-state index in [0.29, 0.717) is 41.4 Å². The second kappa shape index (κ2) is 58.4. The number of nitrogens with zero attached hydrogens (tertiary/aromatic N) is 7. The second-order valence-corrected chi connectivity index (χ2v) is 73.2. The maximum atomic E-state index is 11.6. The van der Waals surface area contributed by atoms with Gasteiger partial charge in [-0.05, 0) is 210 Å². The average molecular weight is 2650 g/mol. The molecular formula is C111H121Br3IN7O21S5Sn2. The number of oxazole rings is 1. The molecule has 0 unspecified atom stereocenters.